The molecule has 1 unspecified atom stereocenters. The number of halogens is 1. The van der Waals surface area contributed by atoms with Gasteiger partial charge in [0, 0.05) is 44.6 Å². The normalized spacial score (nSPS) is 18.5. The number of aromatic nitrogens is 1. The predicted octanol–water partition coefficient (Wildman–Crippen LogP) is 2.53. The van der Waals surface area contributed by atoms with Crippen LogP contribution in [0.15, 0.2) is 54.9 Å². The first-order valence-electron chi connectivity index (χ1n) is 7.46. The van der Waals surface area contributed by atoms with Crippen LogP contribution in [0.2, 0.25) is 0 Å². The van der Waals surface area contributed by atoms with E-state index in [1.54, 1.807) is 0 Å². The Hall–Kier alpha value is -1.62. The Kier molecular flexibility index (Phi) is 6.65. The fourth-order valence-corrected chi connectivity index (χ4v) is 2.71. The summed E-state index contributed by atoms with van der Waals surface area (Å²) in [6.07, 6.45) is 3.78. The smallest absolute Gasteiger partial charge is 0.119 e. The molecule has 2 aromatic rings. The molecule has 0 bridgehead atoms. The maximum Gasteiger partial charge on any atom is 0.119 e. The molecule has 1 aromatic carbocycles. The number of hydrogen-bond donors (Lipinski definition) is 1. The van der Waals surface area contributed by atoms with Gasteiger partial charge in [0.05, 0.1) is 0 Å². The van der Waals surface area contributed by atoms with Crippen molar-refractivity contribution in [2.45, 2.75) is 6.04 Å². The van der Waals surface area contributed by atoms with Crippen LogP contribution >= 0.6 is 12.4 Å². The summed E-state index contributed by atoms with van der Waals surface area (Å²) in [7, 11) is 0. The molecular weight excluding hydrogens is 298 g/mol. The van der Waals surface area contributed by atoms with Crippen LogP contribution in [-0.2, 0) is 0 Å². The lowest BCUT2D eigenvalue weighted by molar-refractivity contribution is 0.134. The minimum atomic E-state index is 0. The SMILES string of the molecule is Cl.c1ccc(OCCN2CCNCC2c2cccnc2)cc1. The van der Waals surface area contributed by atoms with Crippen molar-refractivity contribution in [3.8, 4) is 5.75 Å². The molecule has 22 heavy (non-hydrogen) atoms. The van der Waals surface area contributed by atoms with Gasteiger partial charge < -0.3 is 10.1 Å². The second kappa shape index (κ2) is 8.73. The molecule has 0 amide bonds. The highest BCUT2D eigenvalue weighted by Crippen LogP contribution is 2.21. The fraction of sp³-hybridized carbons (Fsp3) is 0.353. The van der Waals surface area contributed by atoms with Crippen LogP contribution in [0.3, 0.4) is 0 Å². The molecule has 4 nitrogen and oxygen atoms in total. The highest BCUT2D eigenvalue weighted by Gasteiger charge is 2.23. The van der Waals surface area contributed by atoms with Gasteiger partial charge in [-0.25, -0.2) is 0 Å². The van der Waals surface area contributed by atoms with Gasteiger partial charge in [0.25, 0.3) is 0 Å². The minimum Gasteiger partial charge on any atom is -0.492 e. The summed E-state index contributed by atoms with van der Waals surface area (Å²) in [6.45, 7) is 4.67. The van der Waals surface area contributed by atoms with Crippen molar-refractivity contribution in [3.63, 3.8) is 0 Å². The molecule has 1 N–H and O–H groups in total. The van der Waals surface area contributed by atoms with Gasteiger partial charge >= 0.3 is 0 Å². The molecule has 0 spiro atoms. The largest absolute Gasteiger partial charge is 0.492 e. The quantitative estimate of drug-likeness (QED) is 0.919. The molecule has 118 valence electrons. The van der Waals surface area contributed by atoms with Crippen LogP contribution in [0.1, 0.15) is 11.6 Å². The van der Waals surface area contributed by atoms with E-state index in [-0.39, 0.29) is 12.4 Å². The van der Waals surface area contributed by atoms with Crippen molar-refractivity contribution in [3.05, 3.63) is 60.4 Å². The third-order valence-electron chi connectivity index (χ3n) is 3.81. The van der Waals surface area contributed by atoms with Gasteiger partial charge in [-0.2, -0.15) is 0 Å². The standard InChI is InChI=1S/C17H21N3O.ClH/c1-2-6-16(7-3-1)21-12-11-20-10-9-19-14-17(20)15-5-4-8-18-13-15;/h1-8,13,17,19H,9-12,14H2;1H. The zero-order valence-corrected chi connectivity index (χ0v) is 13.3. The molecule has 1 fully saturated rings. The van der Waals surface area contributed by atoms with Crippen molar-refractivity contribution < 1.29 is 4.74 Å². The summed E-state index contributed by atoms with van der Waals surface area (Å²) in [5.74, 6) is 0.936. The Labute approximate surface area is 137 Å². The maximum atomic E-state index is 5.82. The third-order valence-corrected chi connectivity index (χ3v) is 3.81. The van der Waals surface area contributed by atoms with E-state index in [1.165, 1.54) is 5.56 Å². The highest BCUT2D eigenvalue weighted by atomic mass is 35.5. The van der Waals surface area contributed by atoms with E-state index in [9.17, 15) is 0 Å². The lowest BCUT2D eigenvalue weighted by Gasteiger charge is -2.36. The fourth-order valence-electron chi connectivity index (χ4n) is 2.71. The van der Waals surface area contributed by atoms with E-state index < -0.39 is 0 Å². The van der Waals surface area contributed by atoms with Gasteiger partial charge in [0.15, 0.2) is 0 Å². The Bertz CT molecular complexity index is 538. The van der Waals surface area contributed by atoms with Crippen LogP contribution in [0.25, 0.3) is 0 Å². The van der Waals surface area contributed by atoms with Gasteiger partial charge in [0.2, 0.25) is 0 Å². The average Bonchev–Trinajstić information content (AvgIpc) is 2.57. The van der Waals surface area contributed by atoms with E-state index in [2.05, 4.69) is 21.3 Å². The third kappa shape index (κ3) is 4.44. The van der Waals surface area contributed by atoms with Crippen molar-refractivity contribution >= 4 is 12.4 Å². The number of hydrogen-bond acceptors (Lipinski definition) is 4. The van der Waals surface area contributed by atoms with Crippen LogP contribution < -0.4 is 10.1 Å². The lowest BCUT2D eigenvalue weighted by atomic mass is 10.1. The first kappa shape index (κ1) is 16.7. The van der Waals surface area contributed by atoms with Gasteiger partial charge in [-0.15, -0.1) is 12.4 Å². The van der Waals surface area contributed by atoms with Crippen molar-refractivity contribution in [2.24, 2.45) is 0 Å². The zero-order chi connectivity index (χ0) is 14.3. The summed E-state index contributed by atoms with van der Waals surface area (Å²) in [5, 5.41) is 3.46. The Morgan fingerprint density at radius 3 is 2.82 bits per heavy atom. The van der Waals surface area contributed by atoms with E-state index in [1.807, 2.05) is 48.8 Å². The van der Waals surface area contributed by atoms with Gasteiger partial charge in [0.1, 0.15) is 12.4 Å². The average molecular weight is 320 g/mol. The van der Waals surface area contributed by atoms with Gasteiger partial charge in [-0.1, -0.05) is 24.3 Å². The monoisotopic (exact) mass is 319 g/mol. The molecule has 1 aliphatic rings. The first-order chi connectivity index (χ1) is 10.4. The molecule has 0 saturated carbocycles. The van der Waals surface area contributed by atoms with Gasteiger partial charge in [-0.3, -0.25) is 9.88 Å². The van der Waals surface area contributed by atoms with Crippen LogP contribution in [-0.4, -0.2) is 42.7 Å². The highest BCUT2D eigenvalue weighted by molar-refractivity contribution is 5.85. The second-order valence-electron chi connectivity index (χ2n) is 5.20. The van der Waals surface area contributed by atoms with E-state index in [4.69, 9.17) is 4.74 Å². The number of piperazine rings is 1. The van der Waals surface area contributed by atoms with E-state index >= 15 is 0 Å². The number of rotatable bonds is 5. The molecule has 5 heteroatoms. The lowest BCUT2D eigenvalue weighted by Crippen LogP contribution is -2.47. The van der Waals surface area contributed by atoms with Crippen LogP contribution in [0.4, 0.5) is 0 Å². The Morgan fingerprint density at radius 1 is 1.18 bits per heavy atom. The molecular formula is C17H22ClN3O. The molecule has 0 radical (unpaired) electrons. The van der Waals surface area contributed by atoms with Gasteiger partial charge in [-0.05, 0) is 23.8 Å². The summed E-state index contributed by atoms with van der Waals surface area (Å²) < 4.78 is 5.82. The summed E-state index contributed by atoms with van der Waals surface area (Å²) in [6, 6.07) is 14.5. The van der Waals surface area contributed by atoms with E-state index in [0.717, 1.165) is 31.9 Å². The molecule has 1 aliphatic heterocycles. The predicted molar refractivity (Wildman–Crippen MR) is 90.6 cm³/mol. The van der Waals surface area contributed by atoms with Crippen molar-refractivity contribution in [1.82, 2.24) is 15.2 Å². The second-order valence-corrected chi connectivity index (χ2v) is 5.20. The number of nitrogens with one attached hydrogen (secondary N) is 1. The number of ether oxygens (including phenoxy) is 1. The molecule has 1 saturated heterocycles. The van der Waals surface area contributed by atoms with Crippen molar-refractivity contribution in [1.29, 1.82) is 0 Å². The summed E-state index contributed by atoms with van der Waals surface area (Å²) in [4.78, 5) is 6.71. The number of para-hydroxylation sites is 1. The number of benzene rings is 1. The zero-order valence-electron chi connectivity index (χ0n) is 12.5. The number of pyridine rings is 1. The Morgan fingerprint density at radius 2 is 2.05 bits per heavy atom. The van der Waals surface area contributed by atoms with Crippen LogP contribution in [0.5, 0.6) is 5.75 Å². The summed E-state index contributed by atoms with van der Waals surface area (Å²) >= 11 is 0. The topological polar surface area (TPSA) is 37.4 Å². The molecule has 2 heterocycles. The molecule has 3 rings (SSSR count). The maximum absolute atomic E-state index is 5.82. The minimum absolute atomic E-state index is 0. The number of nitrogens with zero attached hydrogens (tertiary/aromatic N) is 2. The molecule has 1 atom stereocenters. The van der Waals surface area contributed by atoms with E-state index in [0.29, 0.717) is 12.6 Å². The van der Waals surface area contributed by atoms with Crippen molar-refractivity contribution in [2.75, 3.05) is 32.8 Å². The molecule has 0 aliphatic carbocycles. The molecule has 1 aromatic heterocycles. The first-order valence-corrected chi connectivity index (χ1v) is 7.46. The Balaban J connectivity index is 0.00000176. The summed E-state index contributed by atoms with van der Waals surface area (Å²) in [5.41, 5.74) is 1.27. The van der Waals surface area contributed by atoms with Crippen LogP contribution in [0, 0.1) is 0 Å².